The topological polar surface area (TPSA) is 76.7 Å². The quantitative estimate of drug-likeness (QED) is 0.779. The predicted octanol–water partition coefficient (Wildman–Crippen LogP) is 3.32. The van der Waals surface area contributed by atoms with Crippen molar-refractivity contribution in [1.29, 1.82) is 0 Å². The lowest BCUT2D eigenvalue weighted by Gasteiger charge is -2.08. The van der Waals surface area contributed by atoms with Crippen LogP contribution in [0.5, 0.6) is 0 Å². The second-order valence-electron chi connectivity index (χ2n) is 5.35. The fraction of sp³-hybridized carbons (Fsp3) is 0.294. The van der Waals surface area contributed by atoms with E-state index >= 15 is 0 Å². The van der Waals surface area contributed by atoms with Crippen LogP contribution in [-0.2, 0) is 13.0 Å². The molecule has 3 aromatic rings. The summed E-state index contributed by atoms with van der Waals surface area (Å²) in [5, 5.41) is 7.26. The number of benzene rings is 1. The van der Waals surface area contributed by atoms with Gasteiger partial charge in [0.15, 0.2) is 0 Å². The third kappa shape index (κ3) is 3.71. The lowest BCUT2D eigenvalue weighted by Crippen LogP contribution is -2.05. The van der Waals surface area contributed by atoms with Crippen LogP contribution in [0.3, 0.4) is 0 Å². The van der Waals surface area contributed by atoms with Crippen molar-refractivity contribution in [1.82, 2.24) is 20.1 Å². The first-order valence-corrected chi connectivity index (χ1v) is 7.62. The average molecular weight is 309 g/mol. The summed E-state index contributed by atoms with van der Waals surface area (Å²) in [6.07, 6.45) is 0.829. The fourth-order valence-corrected chi connectivity index (χ4v) is 2.26. The molecule has 23 heavy (non-hydrogen) atoms. The van der Waals surface area contributed by atoms with Gasteiger partial charge in [-0.15, -0.1) is 0 Å². The third-order valence-electron chi connectivity index (χ3n) is 3.43. The summed E-state index contributed by atoms with van der Waals surface area (Å²) in [7, 11) is 0. The number of hydrogen-bond donors (Lipinski definition) is 1. The predicted molar refractivity (Wildman–Crippen MR) is 87.9 cm³/mol. The molecule has 1 aromatic carbocycles. The number of nitrogens with one attached hydrogen (secondary N) is 1. The Morgan fingerprint density at radius 1 is 1.04 bits per heavy atom. The Hall–Kier alpha value is -2.76. The monoisotopic (exact) mass is 309 g/mol. The van der Waals surface area contributed by atoms with Crippen LogP contribution in [0.25, 0.3) is 11.4 Å². The van der Waals surface area contributed by atoms with E-state index in [1.807, 2.05) is 37.3 Å². The summed E-state index contributed by atoms with van der Waals surface area (Å²) >= 11 is 0. The van der Waals surface area contributed by atoms with E-state index in [9.17, 15) is 0 Å². The van der Waals surface area contributed by atoms with E-state index < -0.39 is 0 Å². The van der Waals surface area contributed by atoms with Gasteiger partial charge in [-0.25, -0.2) is 9.97 Å². The molecule has 0 aliphatic carbocycles. The van der Waals surface area contributed by atoms with Gasteiger partial charge in [-0.2, -0.15) is 4.98 Å². The highest BCUT2D eigenvalue weighted by Gasteiger charge is 2.06. The van der Waals surface area contributed by atoms with Crippen molar-refractivity contribution in [2.24, 2.45) is 0 Å². The molecule has 3 rings (SSSR count). The highest BCUT2D eigenvalue weighted by atomic mass is 16.5. The molecule has 0 atom stereocenters. The molecule has 0 saturated carbocycles. The van der Waals surface area contributed by atoms with Crippen molar-refractivity contribution < 1.29 is 4.52 Å². The summed E-state index contributed by atoms with van der Waals surface area (Å²) in [6, 6.07) is 10.0. The summed E-state index contributed by atoms with van der Waals surface area (Å²) in [5.41, 5.74) is 3.07. The molecule has 0 spiro atoms. The summed E-state index contributed by atoms with van der Waals surface area (Å²) < 4.78 is 5.00. The molecule has 0 radical (unpaired) electrons. The van der Waals surface area contributed by atoms with Crippen LogP contribution in [0, 0.1) is 13.8 Å². The highest BCUT2D eigenvalue weighted by molar-refractivity contribution is 5.54. The van der Waals surface area contributed by atoms with E-state index in [0.29, 0.717) is 18.3 Å². The van der Waals surface area contributed by atoms with Crippen molar-refractivity contribution >= 4 is 5.82 Å². The molecule has 0 fully saturated rings. The van der Waals surface area contributed by atoms with Crippen LogP contribution in [0.4, 0.5) is 5.82 Å². The number of anilines is 1. The molecule has 6 nitrogen and oxygen atoms in total. The molecular weight excluding hydrogens is 290 g/mol. The largest absolute Gasteiger partial charge is 0.366 e. The van der Waals surface area contributed by atoms with Crippen molar-refractivity contribution in [3.63, 3.8) is 0 Å². The molecule has 0 bridgehead atoms. The zero-order valence-electron chi connectivity index (χ0n) is 13.5. The molecule has 1 N–H and O–H groups in total. The van der Waals surface area contributed by atoms with Crippen LogP contribution in [-0.4, -0.2) is 20.1 Å². The lowest BCUT2D eigenvalue weighted by atomic mass is 10.1. The van der Waals surface area contributed by atoms with E-state index in [4.69, 9.17) is 4.52 Å². The number of aromatic nitrogens is 4. The van der Waals surface area contributed by atoms with Gasteiger partial charge < -0.3 is 9.84 Å². The van der Waals surface area contributed by atoms with E-state index in [1.165, 1.54) is 0 Å². The van der Waals surface area contributed by atoms with Gasteiger partial charge in [0.05, 0.1) is 0 Å². The molecule has 0 aliphatic heterocycles. The molecule has 0 aliphatic rings. The van der Waals surface area contributed by atoms with Crippen molar-refractivity contribution in [2.75, 3.05) is 5.32 Å². The fourth-order valence-electron chi connectivity index (χ4n) is 2.26. The Bertz CT molecular complexity index is 795. The van der Waals surface area contributed by atoms with E-state index in [1.54, 1.807) is 6.92 Å². The molecule has 0 saturated heterocycles. The first-order valence-electron chi connectivity index (χ1n) is 7.62. The smallest absolute Gasteiger partial charge is 0.223 e. The number of rotatable bonds is 5. The minimum atomic E-state index is 0.566. The van der Waals surface area contributed by atoms with Gasteiger partial charge in [0, 0.05) is 37.2 Å². The normalized spacial score (nSPS) is 10.7. The molecule has 2 aromatic heterocycles. The van der Waals surface area contributed by atoms with Gasteiger partial charge in [0.1, 0.15) is 11.6 Å². The first-order chi connectivity index (χ1) is 11.1. The summed E-state index contributed by atoms with van der Waals surface area (Å²) in [5.74, 6) is 2.89. The minimum Gasteiger partial charge on any atom is -0.366 e. The van der Waals surface area contributed by atoms with Crippen LogP contribution in [0.1, 0.15) is 29.9 Å². The zero-order valence-corrected chi connectivity index (χ0v) is 13.5. The molecule has 0 unspecified atom stereocenters. The van der Waals surface area contributed by atoms with Crippen molar-refractivity contribution in [3.8, 4) is 11.4 Å². The number of nitrogens with zero attached hydrogens (tertiary/aromatic N) is 4. The second kappa shape index (κ2) is 6.56. The van der Waals surface area contributed by atoms with Crippen LogP contribution in [0.2, 0.25) is 0 Å². The molecule has 2 heterocycles. The number of hydrogen-bond acceptors (Lipinski definition) is 6. The van der Waals surface area contributed by atoms with Gasteiger partial charge in [0.2, 0.25) is 11.7 Å². The Morgan fingerprint density at radius 3 is 2.48 bits per heavy atom. The lowest BCUT2D eigenvalue weighted by molar-refractivity contribution is 0.394. The van der Waals surface area contributed by atoms with Gasteiger partial charge in [-0.3, -0.25) is 0 Å². The number of aryl methyl sites for hydroxylation is 3. The SMILES string of the molecule is CCc1nc(C)cc(NCc2ccc(-c3noc(C)n3)cc2)n1. The highest BCUT2D eigenvalue weighted by Crippen LogP contribution is 2.17. The van der Waals surface area contributed by atoms with Crippen molar-refractivity contribution in [3.05, 3.63) is 53.3 Å². The minimum absolute atomic E-state index is 0.566. The zero-order chi connectivity index (χ0) is 16.2. The van der Waals surface area contributed by atoms with Crippen LogP contribution in [0.15, 0.2) is 34.9 Å². The Labute approximate surface area is 135 Å². The standard InChI is InChI=1S/C17H19N5O/c1-4-15-19-11(2)9-16(21-15)18-10-13-5-7-14(8-6-13)17-20-12(3)23-22-17/h5-9H,4,10H2,1-3H3,(H,18,19,21). The van der Waals surface area contributed by atoms with Crippen LogP contribution >= 0.6 is 0 Å². The summed E-state index contributed by atoms with van der Waals surface area (Å²) in [6.45, 7) is 6.51. The van der Waals surface area contributed by atoms with Crippen molar-refractivity contribution in [2.45, 2.75) is 33.7 Å². The Kier molecular flexibility index (Phi) is 4.32. The molecular formula is C17H19N5O. The first kappa shape index (κ1) is 15.1. The molecule has 118 valence electrons. The average Bonchev–Trinajstić information content (AvgIpc) is 2.99. The summed E-state index contributed by atoms with van der Waals surface area (Å²) in [4.78, 5) is 13.1. The van der Waals surface area contributed by atoms with Gasteiger partial charge in [-0.1, -0.05) is 36.3 Å². The van der Waals surface area contributed by atoms with Gasteiger partial charge >= 0.3 is 0 Å². The maximum absolute atomic E-state index is 5.00. The van der Waals surface area contributed by atoms with Gasteiger partial charge in [0.25, 0.3) is 0 Å². The molecule has 0 amide bonds. The van der Waals surface area contributed by atoms with E-state index in [0.717, 1.165) is 34.9 Å². The molecule has 6 heteroatoms. The Balaban J connectivity index is 1.68. The second-order valence-corrected chi connectivity index (χ2v) is 5.35. The third-order valence-corrected chi connectivity index (χ3v) is 3.43. The van der Waals surface area contributed by atoms with E-state index in [-0.39, 0.29) is 0 Å². The maximum Gasteiger partial charge on any atom is 0.223 e. The van der Waals surface area contributed by atoms with E-state index in [2.05, 4.69) is 32.3 Å². The maximum atomic E-state index is 5.00. The van der Waals surface area contributed by atoms with Crippen LogP contribution < -0.4 is 5.32 Å². The van der Waals surface area contributed by atoms with Gasteiger partial charge in [-0.05, 0) is 12.5 Å². The Morgan fingerprint density at radius 2 is 1.83 bits per heavy atom.